The number of phenols is 2. The number of rotatable bonds is 4. The van der Waals surface area contributed by atoms with E-state index in [0.717, 1.165) is 22.3 Å². The lowest BCUT2D eigenvalue weighted by Crippen LogP contribution is -2.29. The zero-order chi connectivity index (χ0) is 21.6. The van der Waals surface area contributed by atoms with Crippen molar-refractivity contribution in [2.45, 2.75) is 18.5 Å². The first-order valence-corrected chi connectivity index (χ1v) is 10.4. The molecule has 1 aliphatic rings. The summed E-state index contributed by atoms with van der Waals surface area (Å²) < 4.78 is 0. The fourth-order valence-electron chi connectivity index (χ4n) is 4.99. The molecule has 0 radical (unpaired) electrons. The van der Waals surface area contributed by atoms with E-state index in [-0.39, 0.29) is 24.6 Å². The molecule has 0 spiro atoms. The SMILES string of the molecule is NCc1cc(C2(c3ccc(O)c(CN)c3)c3ccccc3-c3ccccc32)ccc1O. The second kappa shape index (κ2) is 7.27. The summed E-state index contributed by atoms with van der Waals surface area (Å²) >= 11 is 0. The first-order chi connectivity index (χ1) is 15.1. The van der Waals surface area contributed by atoms with Crippen LogP contribution in [0.25, 0.3) is 11.1 Å². The Hall–Kier alpha value is -3.60. The highest BCUT2D eigenvalue weighted by Gasteiger charge is 2.46. The molecule has 5 rings (SSSR count). The fourth-order valence-corrected chi connectivity index (χ4v) is 4.99. The molecule has 4 aromatic carbocycles. The maximum Gasteiger partial charge on any atom is 0.120 e. The molecule has 6 N–H and O–H groups in total. The quantitative estimate of drug-likeness (QED) is 0.355. The monoisotopic (exact) mass is 408 g/mol. The molecule has 0 atom stereocenters. The molecule has 1 aliphatic carbocycles. The van der Waals surface area contributed by atoms with Crippen LogP contribution >= 0.6 is 0 Å². The van der Waals surface area contributed by atoms with Crippen molar-refractivity contribution in [2.24, 2.45) is 11.5 Å². The summed E-state index contributed by atoms with van der Waals surface area (Å²) in [4.78, 5) is 0. The topological polar surface area (TPSA) is 92.5 Å². The van der Waals surface area contributed by atoms with Gasteiger partial charge in [-0.25, -0.2) is 0 Å². The van der Waals surface area contributed by atoms with Crippen molar-refractivity contribution >= 4 is 0 Å². The Morgan fingerprint density at radius 3 is 1.42 bits per heavy atom. The predicted molar refractivity (Wildman–Crippen MR) is 123 cm³/mol. The van der Waals surface area contributed by atoms with E-state index < -0.39 is 5.41 Å². The van der Waals surface area contributed by atoms with E-state index in [2.05, 4.69) is 36.4 Å². The normalized spacial score (nSPS) is 13.6. The number of benzene rings is 4. The maximum absolute atomic E-state index is 10.3. The molecule has 4 aromatic rings. The van der Waals surface area contributed by atoms with Crippen LogP contribution in [-0.2, 0) is 18.5 Å². The molecule has 0 aromatic heterocycles. The standard InChI is InChI=1S/C27H24N2O2/c28-15-17-13-19(9-11-25(17)30)27(20-10-12-26(31)18(14-20)16-29)23-7-3-1-5-21(23)22-6-2-4-8-24(22)27/h1-14,30-31H,15-16,28-29H2. The summed E-state index contributed by atoms with van der Waals surface area (Å²) in [6, 6.07) is 28.1. The second-order valence-corrected chi connectivity index (χ2v) is 7.94. The van der Waals surface area contributed by atoms with Gasteiger partial charge in [-0.2, -0.15) is 0 Å². The minimum Gasteiger partial charge on any atom is -0.508 e. The van der Waals surface area contributed by atoms with Crippen LogP contribution < -0.4 is 11.5 Å². The highest BCUT2D eigenvalue weighted by atomic mass is 16.3. The Morgan fingerprint density at radius 2 is 1.00 bits per heavy atom. The van der Waals surface area contributed by atoms with E-state index in [1.54, 1.807) is 12.1 Å². The summed E-state index contributed by atoms with van der Waals surface area (Å²) in [5.41, 5.74) is 19.3. The first-order valence-electron chi connectivity index (χ1n) is 10.4. The van der Waals surface area contributed by atoms with Crippen molar-refractivity contribution in [3.63, 3.8) is 0 Å². The van der Waals surface area contributed by atoms with Crippen molar-refractivity contribution in [3.05, 3.63) is 118 Å². The third-order valence-electron chi connectivity index (χ3n) is 6.42. The molecule has 31 heavy (non-hydrogen) atoms. The molecule has 0 amide bonds. The van der Waals surface area contributed by atoms with Gasteiger partial charge in [0.25, 0.3) is 0 Å². The minimum absolute atomic E-state index is 0.189. The van der Waals surface area contributed by atoms with Crippen LogP contribution in [0.2, 0.25) is 0 Å². The van der Waals surface area contributed by atoms with Gasteiger partial charge in [0.2, 0.25) is 0 Å². The lowest BCUT2D eigenvalue weighted by Gasteiger charge is -2.34. The van der Waals surface area contributed by atoms with Gasteiger partial charge in [-0.15, -0.1) is 0 Å². The number of phenolic OH excluding ortho intramolecular Hbond substituents is 2. The molecule has 0 saturated carbocycles. The number of aromatic hydroxyl groups is 2. The van der Waals surface area contributed by atoms with Crippen LogP contribution in [0.4, 0.5) is 0 Å². The summed E-state index contributed by atoms with van der Waals surface area (Å²) in [5.74, 6) is 0.378. The van der Waals surface area contributed by atoms with Gasteiger partial charge in [-0.3, -0.25) is 0 Å². The maximum atomic E-state index is 10.3. The van der Waals surface area contributed by atoms with E-state index >= 15 is 0 Å². The molecule has 0 bridgehead atoms. The Bertz CT molecular complexity index is 1200. The van der Waals surface area contributed by atoms with Crippen LogP contribution in [0.15, 0.2) is 84.9 Å². The Morgan fingerprint density at radius 1 is 0.581 bits per heavy atom. The lowest BCUT2D eigenvalue weighted by molar-refractivity contribution is 0.467. The molecular formula is C27H24N2O2. The third kappa shape index (κ3) is 2.69. The van der Waals surface area contributed by atoms with Crippen LogP contribution in [0, 0.1) is 0 Å². The molecule has 0 aliphatic heterocycles. The molecule has 154 valence electrons. The summed E-state index contributed by atoms with van der Waals surface area (Å²) in [6.07, 6.45) is 0. The Balaban J connectivity index is 1.95. The predicted octanol–water partition coefficient (Wildman–Crippen LogP) is 4.38. The first kappa shape index (κ1) is 19.4. The van der Waals surface area contributed by atoms with Crippen LogP contribution in [0.3, 0.4) is 0 Å². The zero-order valence-electron chi connectivity index (χ0n) is 17.0. The van der Waals surface area contributed by atoms with E-state index in [4.69, 9.17) is 11.5 Å². The molecule has 0 heterocycles. The summed E-state index contributed by atoms with van der Waals surface area (Å²) in [5, 5.41) is 20.6. The Labute approximate surface area is 181 Å². The zero-order valence-corrected chi connectivity index (χ0v) is 17.0. The highest BCUT2D eigenvalue weighted by Crippen LogP contribution is 2.56. The largest absolute Gasteiger partial charge is 0.508 e. The minimum atomic E-state index is -0.623. The summed E-state index contributed by atoms with van der Waals surface area (Å²) in [6.45, 7) is 0.478. The number of hydrogen-bond acceptors (Lipinski definition) is 4. The van der Waals surface area contributed by atoms with Crippen LogP contribution in [0.5, 0.6) is 11.5 Å². The molecule has 4 heteroatoms. The molecule has 0 saturated heterocycles. The number of nitrogens with two attached hydrogens (primary N) is 2. The second-order valence-electron chi connectivity index (χ2n) is 7.94. The molecule has 0 unspecified atom stereocenters. The lowest BCUT2D eigenvalue weighted by atomic mass is 9.67. The molecule has 0 fully saturated rings. The van der Waals surface area contributed by atoms with Gasteiger partial charge in [0.1, 0.15) is 11.5 Å². The van der Waals surface area contributed by atoms with Crippen molar-refractivity contribution in [3.8, 4) is 22.6 Å². The van der Waals surface area contributed by atoms with Crippen molar-refractivity contribution in [1.82, 2.24) is 0 Å². The third-order valence-corrected chi connectivity index (χ3v) is 6.42. The van der Waals surface area contributed by atoms with Crippen molar-refractivity contribution in [1.29, 1.82) is 0 Å². The van der Waals surface area contributed by atoms with Gasteiger partial charge in [-0.1, -0.05) is 60.7 Å². The van der Waals surface area contributed by atoms with Gasteiger partial charge < -0.3 is 21.7 Å². The average molecular weight is 409 g/mol. The van der Waals surface area contributed by atoms with Crippen LogP contribution in [0.1, 0.15) is 33.4 Å². The summed E-state index contributed by atoms with van der Waals surface area (Å²) in [7, 11) is 0. The van der Waals surface area contributed by atoms with Gasteiger partial charge in [-0.05, 0) is 57.6 Å². The van der Waals surface area contributed by atoms with E-state index in [1.165, 1.54) is 11.1 Å². The highest BCUT2D eigenvalue weighted by molar-refractivity contribution is 5.86. The smallest absolute Gasteiger partial charge is 0.120 e. The number of fused-ring (bicyclic) bond motifs is 3. The van der Waals surface area contributed by atoms with E-state index in [0.29, 0.717) is 11.1 Å². The van der Waals surface area contributed by atoms with Crippen molar-refractivity contribution in [2.75, 3.05) is 0 Å². The number of hydrogen-bond donors (Lipinski definition) is 4. The Kier molecular flexibility index (Phi) is 4.54. The molecule has 4 nitrogen and oxygen atoms in total. The van der Waals surface area contributed by atoms with E-state index in [1.807, 2.05) is 36.4 Å². The fraction of sp³-hybridized carbons (Fsp3) is 0.111. The van der Waals surface area contributed by atoms with Gasteiger partial charge in [0.15, 0.2) is 0 Å². The molecular weight excluding hydrogens is 384 g/mol. The van der Waals surface area contributed by atoms with Gasteiger partial charge in [0.05, 0.1) is 5.41 Å². The van der Waals surface area contributed by atoms with Gasteiger partial charge >= 0.3 is 0 Å². The van der Waals surface area contributed by atoms with Gasteiger partial charge in [0, 0.05) is 24.2 Å². The van der Waals surface area contributed by atoms with Crippen LogP contribution in [-0.4, -0.2) is 10.2 Å². The van der Waals surface area contributed by atoms with Crippen molar-refractivity contribution < 1.29 is 10.2 Å². The average Bonchev–Trinajstić information content (AvgIpc) is 3.11. The van der Waals surface area contributed by atoms with E-state index in [9.17, 15) is 10.2 Å².